The fraction of sp³-hybridized carbons (Fsp3) is 0.455. The number of piperidine rings is 1. The van der Waals surface area contributed by atoms with Gasteiger partial charge in [-0.2, -0.15) is 0 Å². The predicted molar refractivity (Wildman–Crippen MR) is 98.2 cm³/mol. The molecule has 0 radical (unpaired) electrons. The van der Waals surface area contributed by atoms with Gasteiger partial charge in [0, 0.05) is 30.1 Å². The molecule has 2 aliphatic heterocycles. The molecule has 1 aliphatic carbocycles. The largest absolute Gasteiger partial charge is 0.504 e. The Bertz CT molecular complexity index is 775. The number of benzene rings is 2. The van der Waals surface area contributed by atoms with Gasteiger partial charge in [0.25, 0.3) is 0 Å². The summed E-state index contributed by atoms with van der Waals surface area (Å²) in [5, 5.41) is 10.3. The molecule has 1 N–H and O–H groups in total. The van der Waals surface area contributed by atoms with E-state index in [-0.39, 0.29) is 11.5 Å². The Labute approximate surface area is 149 Å². The van der Waals surface area contributed by atoms with E-state index in [0.29, 0.717) is 11.8 Å². The monoisotopic (exact) mass is 335 g/mol. The molecule has 5 rings (SSSR count). The molecule has 1 spiro atoms. The number of hydrogen-bond donors (Lipinski definition) is 1. The van der Waals surface area contributed by atoms with Crippen LogP contribution in [0.4, 0.5) is 0 Å². The van der Waals surface area contributed by atoms with Crippen LogP contribution in [-0.4, -0.2) is 35.2 Å². The van der Waals surface area contributed by atoms with E-state index >= 15 is 0 Å². The summed E-state index contributed by atoms with van der Waals surface area (Å²) in [6.07, 6.45) is 6.18. The second-order valence-electron chi connectivity index (χ2n) is 7.90. The third-order valence-corrected chi connectivity index (χ3v) is 6.61. The Morgan fingerprint density at radius 3 is 2.88 bits per heavy atom. The van der Waals surface area contributed by atoms with Crippen LogP contribution in [0.3, 0.4) is 0 Å². The number of phenols is 1. The minimum atomic E-state index is 0.125. The van der Waals surface area contributed by atoms with Crippen LogP contribution >= 0.6 is 0 Å². The smallest absolute Gasteiger partial charge is 0.165 e. The van der Waals surface area contributed by atoms with Crippen LogP contribution in [0.25, 0.3) is 0 Å². The summed E-state index contributed by atoms with van der Waals surface area (Å²) < 4.78 is 6.31. The fourth-order valence-corrected chi connectivity index (χ4v) is 5.36. The van der Waals surface area contributed by atoms with E-state index in [9.17, 15) is 5.11 Å². The van der Waals surface area contributed by atoms with Gasteiger partial charge in [0.2, 0.25) is 0 Å². The molecule has 0 aromatic heterocycles. The van der Waals surface area contributed by atoms with Gasteiger partial charge >= 0.3 is 0 Å². The summed E-state index contributed by atoms with van der Waals surface area (Å²) in [5.74, 6) is 1.05. The molecule has 25 heavy (non-hydrogen) atoms. The Morgan fingerprint density at radius 1 is 1.12 bits per heavy atom. The van der Waals surface area contributed by atoms with Crippen molar-refractivity contribution < 1.29 is 9.84 Å². The predicted octanol–water partition coefficient (Wildman–Crippen LogP) is 3.89. The lowest BCUT2D eigenvalue weighted by Crippen LogP contribution is -2.59. The van der Waals surface area contributed by atoms with E-state index in [0.717, 1.165) is 25.3 Å². The lowest BCUT2D eigenvalue weighted by Gasteiger charge is -2.51. The third-order valence-electron chi connectivity index (χ3n) is 6.61. The lowest BCUT2D eigenvalue weighted by molar-refractivity contribution is -0.0213. The number of fused-ring (bicyclic) bond motifs is 2. The van der Waals surface area contributed by atoms with Gasteiger partial charge < -0.3 is 9.84 Å². The average Bonchev–Trinajstić information content (AvgIpc) is 2.94. The van der Waals surface area contributed by atoms with E-state index in [4.69, 9.17) is 4.74 Å². The first-order chi connectivity index (χ1) is 12.3. The topological polar surface area (TPSA) is 32.7 Å². The summed E-state index contributed by atoms with van der Waals surface area (Å²) in [6.45, 7) is 2.07. The van der Waals surface area contributed by atoms with E-state index in [2.05, 4.69) is 41.3 Å². The van der Waals surface area contributed by atoms with Crippen LogP contribution in [0.2, 0.25) is 0 Å². The Morgan fingerprint density at radius 2 is 2.00 bits per heavy atom. The molecule has 3 heteroatoms. The number of likely N-dealkylation sites (tertiary alicyclic amines) is 1. The molecule has 1 saturated heterocycles. The fourth-order valence-electron chi connectivity index (χ4n) is 5.36. The maximum atomic E-state index is 10.3. The van der Waals surface area contributed by atoms with E-state index in [1.165, 1.54) is 36.8 Å². The molecule has 130 valence electrons. The summed E-state index contributed by atoms with van der Waals surface area (Å²) in [4.78, 5) is 2.64. The average molecular weight is 335 g/mol. The van der Waals surface area contributed by atoms with Crippen molar-refractivity contribution in [2.45, 2.75) is 49.7 Å². The minimum absolute atomic E-state index is 0.125. The number of para-hydroxylation sites is 1. The van der Waals surface area contributed by atoms with Gasteiger partial charge in [0.1, 0.15) is 6.10 Å². The number of hydrogen-bond acceptors (Lipinski definition) is 3. The second kappa shape index (κ2) is 5.77. The Hall–Kier alpha value is -2.00. The van der Waals surface area contributed by atoms with Crippen LogP contribution in [0, 0.1) is 0 Å². The van der Waals surface area contributed by atoms with E-state index in [1.54, 1.807) is 6.07 Å². The van der Waals surface area contributed by atoms with Gasteiger partial charge in [-0.25, -0.2) is 0 Å². The SMILES string of the molecule is Oc1cccc2c1O[C@@H]1CN(CCc3ccccc3)[C@@H]3CCC[C@]21C3. The van der Waals surface area contributed by atoms with Gasteiger partial charge in [-0.1, -0.05) is 48.9 Å². The standard InChI is InChI=1S/C22H25NO2/c24-19-10-4-9-18-21(19)25-20-15-23(13-11-16-6-2-1-3-7-16)17-8-5-12-22(18,20)14-17/h1-4,6-7,9-10,17,20,24H,5,8,11-15H2/t17-,20-,22+/m1/s1. The highest BCUT2D eigenvalue weighted by atomic mass is 16.5. The zero-order valence-corrected chi connectivity index (χ0v) is 14.5. The zero-order chi connectivity index (χ0) is 16.9. The number of rotatable bonds is 3. The Balaban J connectivity index is 1.40. The first-order valence-electron chi connectivity index (χ1n) is 9.53. The summed E-state index contributed by atoms with van der Waals surface area (Å²) in [5.41, 5.74) is 2.79. The van der Waals surface area contributed by atoms with Gasteiger partial charge in [0.05, 0.1) is 0 Å². The normalized spacial score (nSPS) is 30.4. The molecule has 1 saturated carbocycles. The van der Waals surface area contributed by atoms with Crippen molar-refractivity contribution in [3.8, 4) is 11.5 Å². The van der Waals surface area contributed by atoms with Gasteiger partial charge in [-0.3, -0.25) is 4.90 Å². The molecule has 3 aliphatic rings. The maximum Gasteiger partial charge on any atom is 0.165 e. The zero-order valence-electron chi connectivity index (χ0n) is 14.5. The molecule has 2 aromatic rings. The molecular formula is C22H25NO2. The first kappa shape index (κ1) is 15.3. The van der Waals surface area contributed by atoms with Crippen molar-refractivity contribution in [2.24, 2.45) is 0 Å². The lowest BCUT2D eigenvalue weighted by atomic mass is 9.63. The van der Waals surface area contributed by atoms with Crippen molar-refractivity contribution >= 4 is 0 Å². The first-order valence-corrected chi connectivity index (χ1v) is 9.53. The number of phenolic OH excluding ortho intramolecular Hbond substituents is 1. The molecule has 2 aromatic carbocycles. The third kappa shape index (κ3) is 2.36. The van der Waals surface area contributed by atoms with Crippen LogP contribution in [0.1, 0.15) is 36.8 Å². The van der Waals surface area contributed by atoms with Crippen molar-refractivity contribution in [1.82, 2.24) is 4.90 Å². The minimum Gasteiger partial charge on any atom is -0.504 e. The van der Waals surface area contributed by atoms with Crippen LogP contribution in [0.5, 0.6) is 11.5 Å². The maximum absolute atomic E-state index is 10.3. The van der Waals surface area contributed by atoms with E-state index in [1.807, 2.05) is 6.07 Å². The van der Waals surface area contributed by atoms with Crippen molar-refractivity contribution in [3.05, 3.63) is 59.7 Å². The van der Waals surface area contributed by atoms with Crippen LogP contribution in [-0.2, 0) is 11.8 Å². The molecule has 2 heterocycles. The number of ether oxygens (including phenoxy) is 1. The molecular weight excluding hydrogens is 310 g/mol. The quantitative estimate of drug-likeness (QED) is 0.923. The van der Waals surface area contributed by atoms with Gasteiger partial charge in [0.15, 0.2) is 11.5 Å². The van der Waals surface area contributed by atoms with Crippen LogP contribution in [0.15, 0.2) is 48.5 Å². The highest BCUT2D eigenvalue weighted by Gasteiger charge is 2.56. The number of aromatic hydroxyl groups is 1. The summed E-state index contributed by atoms with van der Waals surface area (Å²) >= 11 is 0. The van der Waals surface area contributed by atoms with E-state index < -0.39 is 0 Å². The van der Waals surface area contributed by atoms with Gasteiger partial charge in [-0.15, -0.1) is 0 Å². The molecule has 0 unspecified atom stereocenters. The highest BCUT2D eigenvalue weighted by Crippen LogP contribution is 2.56. The van der Waals surface area contributed by atoms with Crippen molar-refractivity contribution in [2.75, 3.05) is 13.1 Å². The summed E-state index contributed by atoms with van der Waals surface area (Å²) in [6, 6.07) is 17.3. The highest BCUT2D eigenvalue weighted by molar-refractivity contribution is 5.54. The second-order valence-corrected chi connectivity index (χ2v) is 7.90. The summed E-state index contributed by atoms with van der Waals surface area (Å²) in [7, 11) is 0. The van der Waals surface area contributed by atoms with Crippen LogP contribution < -0.4 is 4.74 Å². The van der Waals surface area contributed by atoms with Crippen molar-refractivity contribution in [3.63, 3.8) is 0 Å². The Kier molecular flexibility index (Phi) is 3.53. The van der Waals surface area contributed by atoms with Crippen molar-refractivity contribution in [1.29, 1.82) is 0 Å². The van der Waals surface area contributed by atoms with Gasteiger partial charge in [-0.05, 0) is 37.3 Å². The molecule has 0 amide bonds. The molecule has 3 atom stereocenters. The molecule has 2 fully saturated rings. The molecule has 3 nitrogen and oxygen atoms in total. The molecule has 2 bridgehead atoms. The number of nitrogens with zero attached hydrogens (tertiary/aromatic N) is 1.